The predicted molar refractivity (Wildman–Crippen MR) is 98.4 cm³/mol. The van der Waals surface area contributed by atoms with Gasteiger partial charge in [0, 0.05) is 23.7 Å². The van der Waals surface area contributed by atoms with Crippen LogP contribution in [-0.4, -0.2) is 30.9 Å². The molecule has 2 amide bonds. The van der Waals surface area contributed by atoms with Crippen molar-refractivity contribution in [1.82, 2.24) is 0 Å². The van der Waals surface area contributed by atoms with Gasteiger partial charge in [-0.1, -0.05) is 29.8 Å². The van der Waals surface area contributed by atoms with E-state index >= 15 is 0 Å². The van der Waals surface area contributed by atoms with Crippen molar-refractivity contribution in [3.63, 3.8) is 0 Å². The maximum absolute atomic E-state index is 12.4. The smallest absolute Gasteiger partial charge is 0.340 e. The molecule has 134 valence electrons. The van der Waals surface area contributed by atoms with Gasteiger partial charge in [0.1, 0.15) is 0 Å². The summed E-state index contributed by atoms with van der Waals surface area (Å²) in [5.74, 6) is -1.15. The van der Waals surface area contributed by atoms with Gasteiger partial charge in [-0.25, -0.2) is 4.79 Å². The van der Waals surface area contributed by atoms with Crippen LogP contribution in [0.3, 0.4) is 0 Å². The normalized spacial score (nSPS) is 13.6. The first-order valence-electron chi connectivity index (χ1n) is 8.16. The third-order valence-electron chi connectivity index (χ3n) is 3.93. The first kappa shape index (κ1) is 17.9. The molecule has 0 aliphatic carbocycles. The third-order valence-corrected chi connectivity index (χ3v) is 4.17. The standard InChI is InChI=1S/C19H17ClN2O4/c20-13-5-3-6-14(11-13)21-17(23)12-26-19(25)15-7-1-2-8-16(15)22-10-4-9-18(22)24/h1-3,5-8,11H,4,9-10,12H2,(H,21,23). The number of para-hydroxylation sites is 1. The quantitative estimate of drug-likeness (QED) is 0.817. The number of nitrogens with zero attached hydrogens (tertiary/aromatic N) is 1. The van der Waals surface area contributed by atoms with E-state index < -0.39 is 18.5 Å². The molecule has 1 heterocycles. The summed E-state index contributed by atoms with van der Waals surface area (Å²) in [6.45, 7) is 0.131. The lowest BCUT2D eigenvalue weighted by molar-refractivity contribution is -0.119. The van der Waals surface area contributed by atoms with E-state index in [9.17, 15) is 14.4 Å². The number of hydrogen-bond donors (Lipinski definition) is 1. The highest BCUT2D eigenvalue weighted by Crippen LogP contribution is 2.26. The summed E-state index contributed by atoms with van der Waals surface area (Å²) in [7, 11) is 0. The minimum atomic E-state index is -0.651. The summed E-state index contributed by atoms with van der Waals surface area (Å²) in [4.78, 5) is 37.9. The number of rotatable bonds is 5. The Morgan fingerprint density at radius 3 is 2.69 bits per heavy atom. The molecule has 0 unspecified atom stereocenters. The predicted octanol–water partition coefficient (Wildman–Crippen LogP) is 3.26. The largest absolute Gasteiger partial charge is 0.452 e. The highest BCUT2D eigenvalue weighted by Gasteiger charge is 2.26. The first-order chi connectivity index (χ1) is 12.5. The maximum Gasteiger partial charge on any atom is 0.340 e. The van der Waals surface area contributed by atoms with Crippen LogP contribution in [0.15, 0.2) is 48.5 Å². The van der Waals surface area contributed by atoms with Gasteiger partial charge >= 0.3 is 5.97 Å². The van der Waals surface area contributed by atoms with Crippen LogP contribution in [0.25, 0.3) is 0 Å². The summed E-state index contributed by atoms with van der Waals surface area (Å²) in [6.07, 6.45) is 1.22. The fourth-order valence-electron chi connectivity index (χ4n) is 2.76. The summed E-state index contributed by atoms with van der Waals surface area (Å²) in [5, 5.41) is 3.09. The van der Waals surface area contributed by atoms with Gasteiger partial charge in [-0.3, -0.25) is 9.59 Å². The molecule has 1 saturated heterocycles. The van der Waals surface area contributed by atoms with Crippen LogP contribution >= 0.6 is 11.6 Å². The van der Waals surface area contributed by atoms with Gasteiger partial charge in [0.15, 0.2) is 6.61 Å². The molecule has 0 bridgehead atoms. The number of amides is 2. The van der Waals surface area contributed by atoms with Gasteiger partial charge < -0.3 is 15.0 Å². The van der Waals surface area contributed by atoms with E-state index in [-0.39, 0.29) is 11.5 Å². The Morgan fingerprint density at radius 2 is 1.96 bits per heavy atom. The fourth-order valence-corrected chi connectivity index (χ4v) is 2.95. The van der Waals surface area contributed by atoms with Crippen molar-refractivity contribution in [3.8, 4) is 0 Å². The molecule has 1 N–H and O–H groups in total. The molecule has 26 heavy (non-hydrogen) atoms. The number of ether oxygens (including phenoxy) is 1. The van der Waals surface area contributed by atoms with E-state index in [1.807, 2.05) is 0 Å². The van der Waals surface area contributed by atoms with E-state index in [1.165, 1.54) is 0 Å². The highest BCUT2D eigenvalue weighted by atomic mass is 35.5. The minimum absolute atomic E-state index is 0.0241. The molecule has 1 aliphatic heterocycles. The molecule has 2 aromatic rings. The molecule has 7 heteroatoms. The monoisotopic (exact) mass is 372 g/mol. The molecule has 2 aromatic carbocycles. The zero-order valence-electron chi connectivity index (χ0n) is 13.9. The Bertz CT molecular complexity index is 853. The van der Waals surface area contributed by atoms with Gasteiger partial charge in [-0.05, 0) is 36.8 Å². The number of nitrogens with one attached hydrogen (secondary N) is 1. The number of esters is 1. The number of carbonyl (C=O) groups is 3. The van der Waals surface area contributed by atoms with Crippen LogP contribution in [0.2, 0.25) is 5.02 Å². The Kier molecular flexibility index (Phi) is 5.53. The van der Waals surface area contributed by atoms with Gasteiger partial charge in [-0.2, -0.15) is 0 Å². The molecule has 0 spiro atoms. The van der Waals surface area contributed by atoms with Crippen LogP contribution in [-0.2, 0) is 14.3 Å². The number of halogens is 1. The van der Waals surface area contributed by atoms with Gasteiger partial charge in [0.2, 0.25) is 5.91 Å². The fraction of sp³-hybridized carbons (Fsp3) is 0.211. The second-order valence-corrected chi connectivity index (χ2v) is 6.24. The maximum atomic E-state index is 12.4. The van der Waals surface area contributed by atoms with Crippen molar-refractivity contribution >= 4 is 40.8 Å². The van der Waals surface area contributed by atoms with Crippen LogP contribution in [0.4, 0.5) is 11.4 Å². The van der Waals surface area contributed by atoms with Crippen molar-refractivity contribution in [1.29, 1.82) is 0 Å². The van der Waals surface area contributed by atoms with E-state index in [2.05, 4.69) is 5.32 Å². The highest BCUT2D eigenvalue weighted by molar-refractivity contribution is 6.30. The zero-order valence-corrected chi connectivity index (χ0v) is 14.7. The number of benzene rings is 2. The van der Waals surface area contributed by atoms with Gasteiger partial charge in [-0.15, -0.1) is 0 Å². The number of anilines is 2. The molecule has 6 nitrogen and oxygen atoms in total. The Balaban J connectivity index is 1.63. The summed E-state index contributed by atoms with van der Waals surface area (Å²) in [5.41, 5.74) is 1.29. The minimum Gasteiger partial charge on any atom is -0.452 e. The topological polar surface area (TPSA) is 75.7 Å². The Hall–Kier alpha value is -2.86. The molecule has 1 fully saturated rings. The molecule has 3 rings (SSSR count). The number of carbonyl (C=O) groups excluding carboxylic acids is 3. The van der Waals surface area contributed by atoms with Gasteiger partial charge in [0.25, 0.3) is 5.91 Å². The second-order valence-electron chi connectivity index (χ2n) is 5.80. The molecule has 0 aromatic heterocycles. The van der Waals surface area contributed by atoms with Crippen LogP contribution in [0, 0.1) is 0 Å². The average molecular weight is 373 g/mol. The lowest BCUT2D eigenvalue weighted by atomic mass is 10.1. The molecule has 1 aliphatic rings. The van der Waals surface area contributed by atoms with Crippen molar-refractivity contribution in [2.45, 2.75) is 12.8 Å². The van der Waals surface area contributed by atoms with E-state index in [0.29, 0.717) is 29.4 Å². The Labute approximate surface area is 155 Å². The lowest BCUT2D eigenvalue weighted by Gasteiger charge is -2.18. The third kappa shape index (κ3) is 4.21. The summed E-state index contributed by atoms with van der Waals surface area (Å²) >= 11 is 5.86. The van der Waals surface area contributed by atoms with Crippen LogP contribution in [0.5, 0.6) is 0 Å². The second kappa shape index (κ2) is 8.01. The molecule has 0 radical (unpaired) electrons. The van der Waals surface area contributed by atoms with Crippen molar-refractivity contribution in [2.75, 3.05) is 23.4 Å². The summed E-state index contributed by atoms with van der Waals surface area (Å²) in [6, 6.07) is 13.4. The first-order valence-corrected chi connectivity index (χ1v) is 8.54. The molecule has 0 atom stereocenters. The van der Waals surface area contributed by atoms with Crippen molar-refractivity contribution in [2.24, 2.45) is 0 Å². The van der Waals surface area contributed by atoms with E-state index in [4.69, 9.17) is 16.3 Å². The van der Waals surface area contributed by atoms with Crippen LogP contribution in [0.1, 0.15) is 23.2 Å². The van der Waals surface area contributed by atoms with Gasteiger partial charge in [0.05, 0.1) is 11.3 Å². The molecule has 0 saturated carbocycles. The van der Waals surface area contributed by atoms with Crippen molar-refractivity contribution < 1.29 is 19.1 Å². The average Bonchev–Trinajstić information content (AvgIpc) is 3.05. The van der Waals surface area contributed by atoms with E-state index in [0.717, 1.165) is 6.42 Å². The summed E-state index contributed by atoms with van der Waals surface area (Å²) < 4.78 is 5.11. The zero-order chi connectivity index (χ0) is 18.5. The molecular formula is C19H17ClN2O4. The Morgan fingerprint density at radius 1 is 1.15 bits per heavy atom. The van der Waals surface area contributed by atoms with E-state index in [1.54, 1.807) is 53.4 Å². The SMILES string of the molecule is O=C(COC(=O)c1ccccc1N1CCCC1=O)Nc1cccc(Cl)c1. The van der Waals surface area contributed by atoms with Crippen LogP contribution < -0.4 is 10.2 Å². The van der Waals surface area contributed by atoms with Crippen molar-refractivity contribution in [3.05, 3.63) is 59.1 Å². The lowest BCUT2D eigenvalue weighted by Crippen LogP contribution is -2.27. The number of hydrogen-bond acceptors (Lipinski definition) is 4. The molecular weight excluding hydrogens is 356 g/mol.